The lowest BCUT2D eigenvalue weighted by molar-refractivity contribution is -0.142. The molecule has 0 spiro atoms. The van der Waals surface area contributed by atoms with Gasteiger partial charge < -0.3 is 19.9 Å². The van der Waals surface area contributed by atoms with Gasteiger partial charge in [-0.25, -0.2) is 8.42 Å². The van der Waals surface area contributed by atoms with Crippen LogP contribution < -0.4 is 14.8 Å². The first-order valence-electron chi connectivity index (χ1n) is 10.0. The zero-order valence-electron chi connectivity index (χ0n) is 17.0. The molecule has 166 valence electrons. The zero-order chi connectivity index (χ0) is 22.0. The van der Waals surface area contributed by atoms with Crippen LogP contribution in [0, 0.1) is 0 Å². The van der Waals surface area contributed by atoms with Gasteiger partial charge in [0.05, 0.1) is 25.4 Å². The molecule has 0 aliphatic carbocycles. The van der Waals surface area contributed by atoms with Gasteiger partial charge in [-0.3, -0.25) is 14.5 Å². The van der Waals surface area contributed by atoms with Gasteiger partial charge in [0, 0.05) is 36.1 Å². The Kier molecular flexibility index (Phi) is 6.12. The van der Waals surface area contributed by atoms with Crippen molar-refractivity contribution in [1.82, 2.24) is 10.3 Å². The van der Waals surface area contributed by atoms with Crippen LogP contribution >= 0.6 is 0 Å². The van der Waals surface area contributed by atoms with E-state index in [1.54, 1.807) is 30.6 Å². The second kappa shape index (κ2) is 8.81. The van der Waals surface area contributed by atoms with Gasteiger partial charge in [-0.15, -0.1) is 0 Å². The predicted octanol–water partition coefficient (Wildman–Crippen LogP) is 1.15. The van der Waals surface area contributed by atoms with Crippen molar-refractivity contribution in [3.05, 3.63) is 53.9 Å². The molecule has 1 saturated heterocycles. The van der Waals surface area contributed by atoms with Crippen LogP contribution in [0.5, 0.6) is 5.75 Å². The van der Waals surface area contributed by atoms with E-state index >= 15 is 0 Å². The number of ether oxygens (including phenoxy) is 2. The first-order valence-corrected chi connectivity index (χ1v) is 11.9. The molecule has 4 rings (SSSR count). The molecule has 10 heteroatoms. The number of hydrogen-bond donors (Lipinski definition) is 3. The molecule has 3 N–H and O–H groups in total. The third-order valence-corrected chi connectivity index (χ3v) is 6.03. The first kappa shape index (κ1) is 21.5. The Bertz CT molecular complexity index is 1050. The molecule has 0 bridgehead atoms. The summed E-state index contributed by atoms with van der Waals surface area (Å²) in [5, 5.41) is 12.7. The van der Waals surface area contributed by atoms with E-state index in [1.807, 2.05) is 12.1 Å². The number of aliphatic hydroxyl groups is 1. The minimum absolute atomic E-state index is 0.113. The standard InChI is InChI=1S/C21H25N3O6S/c1-31(27,28)24-14-4-5-18-16(7-14)17-8-15(29-19(12-25)21(17)30-18)9-20(26)23-11-13-3-2-6-22-10-13/h2-7,10,15,17,19,21,24-25H,8-9,11-12H2,1H3,(H,23,26)/t15-,17+,19+,21-/m0/s1. The van der Waals surface area contributed by atoms with Crippen molar-refractivity contribution in [3.63, 3.8) is 0 Å². The lowest BCUT2D eigenvalue weighted by atomic mass is 9.84. The number of nitrogens with zero attached hydrogens (tertiary/aromatic N) is 1. The first-order chi connectivity index (χ1) is 14.8. The SMILES string of the molecule is CS(=O)(=O)Nc1ccc2c(c1)[C@H]1C[C@@H](CC(=O)NCc3cccnc3)O[C@H](CO)[C@H]1O2. The number of carbonyl (C=O) groups is 1. The minimum atomic E-state index is -3.41. The summed E-state index contributed by atoms with van der Waals surface area (Å²) in [6.45, 7) is 0.138. The number of amides is 1. The van der Waals surface area contributed by atoms with E-state index in [0.717, 1.165) is 17.4 Å². The highest BCUT2D eigenvalue weighted by Gasteiger charge is 2.46. The van der Waals surface area contributed by atoms with Gasteiger partial charge >= 0.3 is 0 Å². The summed E-state index contributed by atoms with van der Waals surface area (Å²) in [4.78, 5) is 16.5. The summed E-state index contributed by atoms with van der Waals surface area (Å²) in [7, 11) is -3.41. The van der Waals surface area contributed by atoms with Crippen molar-refractivity contribution in [1.29, 1.82) is 0 Å². The molecule has 2 aliphatic heterocycles. The molecule has 0 saturated carbocycles. The van der Waals surface area contributed by atoms with Gasteiger partial charge in [0.1, 0.15) is 18.0 Å². The zero-order valence-corrected chi connectivity index (χ0v) is 17.8. The molecular weight excluding hydrogens is 422 g/mol. The Labute approximate surface area is 180 Å². The maximum absolute atomic E-state index is 12.4. The van der Waals surface area contributed by atoms with Crippen LogP contribution in [0.3, 0.4) is 0 Å². The third kappa shape index (κ3) is 5.15. The van der Waals surface area contributed by atoms with Gasteiger partial charge in [-0.2, -0.15) is 0 Å². The largest absolute Gasteiger partial charge is 0.487 e. The maximum Gasteiger partial charge on any atom is 0.229 e. The van der Waals surface area contributed by atoms with E-state index in [1.165, 1.54) is 0 Å². The monoisotopic (exact) mass is 447 g/mol. The molecule has 1 fully saturated rings. The Balaban J connectivity index is 1.45. The molecule has 1 amide bonds. The lowest BCUT2D eigenvalue weighted by Crippen LogP contribution is -2.47. The number of pyridine rings is 1. The topological polar surface area (TPSA) is 127 Å². The summed E-state index contributed by atoms with van der Waals surface area (Å²) in [6.07, 6.45) is 3.78. The molecule has 0 unspecified atom stereocenters. The van der Waals surface area contributed by atoms with Crippen molar-refractivity contribution in [2.24, 2.45) is 0 Å². The average molecular weight is 448 g/mol. The van der Waals surface area contributed by atoms with E-state index in [2.05, 4.69) is 15.0 Å². The van der Waals surface area contributed by atoms with Gasteiger partial charge in [0.15, 0.2) is 0 Å². The molecular formula is C21H25N3O6S. The smallest absolute Gasteiger partial charge is 0.229 e. The second-order valence-electron chi connectivity index (χ2n) is 7.87. The molecule has 31 heavy (non-hydrogen) atoms. The van der Waals surface area contributed by atoms with Gasteiger partial charge in [0.2, 0.25) is 15.9 Å². The summed E-state index contributed by atoms with van der Waals surface area (Å²) in [6, 6.07) is 8.79. The highest BCUT2D eigenvalue weighted by atomic mass is 32.2. The van der Waals surface area contributed by atoms with Crippen LogP contribution in [0.4, 0.5) is 5.69 Å². The average Bonchev–Trinajstić information content (AvgIpc) is 3.09. The van der Waals surface area contributed by atoms with E-state index < -0.39 is 22.2 Å². The third-order valence-electron chi connectivity index (χ3n) is 5.43. The fourth-order valence-corrected chi connectivity index (χ4v) is 4.70. The summed E-state index contributed by atoms with van der Waals surface area (Å²) >= 11 is 0. The van der Waals surface area contributed by atoms with Crippen molar-refractivity contribution in [2.75, 3.05) is 17.6 Å². The maximum atomic E-state index is 12.4. The van der Waals surface area contributed by atoms with Crippen LogP contribution in [0.25, 0.3) is 0 Å². The summed E-state index contributed by atoms with van der Waals surface area (Å²) < 4.78 is 37.6. The molecule has 2 aliphatic rings. The fourth-order valence-electron chi connectivity index (χ4n) is 4.15. The number of aromatic nitrogens is 1. The van der Waals surface area contributed by atoms with E-state index in [0.29, 0.717) is 24.4 Å². The van der Waals surface area contributed by atoms with E-state index in [9.17, 15) is 18.3 Å². The Morgan fingerprint density at radius 3 is 2.87 bits per heavy atom. The quantitative estimate of drug-likeness (QED) is 0.581. The Morgan fingerprint density at radius 1 is 1.32 bits per heavy atom. The summed E-state index contributed by atoms with van der Waals surface area (Å²) in [5.41, 5.74) is 2.20. The second-order valence-corrected chi connectivity index (χ2v) is 9.62. The molecule has 1 aromatic heterocycles. The number of rotatable bonds is 7. The van der Waals surface area contributed by atoms with Crippen molar-refractivity contribution >= 4 is 21.6 Å². The highest BCUT2D eigenvalue weighted by molar-refractivity contribution is 7.92. The Morgan fingerprint density at radius 2 is 2.16 bits per heavy atom. The number of benzene rings is 1. The number of anilines is 1. The number of carbonyl (C=O) groups excluding carboxylic acids is 1. The molecule has 0 radical (unpaired) electrons. The Hall–Kier alpha value is -2.69. The van der Waals surface area contributed by atoms with Crippen molar-refractivity contribution < 1.29 is 27.8 Å². The molecule has 2 aromatic rings. The minimum Gasteiger partial charge on any atom is -0.487 e. The van der Waals surface area contributed by atoms with Crippen molar-refractivity contribution in [2.45, 2.75) is 43.6 Å². The van der Waals surface area contributed by atoms with Gasteiger partial charge in [-0.1, -0.05) is 6.07 Å². The summed E-state index contributed by atoms with van der Waals surface area (Å²) in [5.74, 6) is 0.367. The predicted molar refractivity (Wildman–Crippen MR) is 113 cm³/mol. The van der Waals surface area contributed by atoms with E-state index in [4.69, 9.17) is 9.47 Å². The molecule has 4 atom stereocenters. The number of nitrogens with one attached hydrogen (secondary N) is 2. The normalized spacial score (nSPS) is 24.6. The fraction of sp³-hybridized carbons (Fsp3) is 0.429. The lowest BCUT2D eigenvalue weighted by Gasteiger charge is -2.37. The number of hydrogen-bond acceptors (Lipinski definition) is 7. The number of sulfonamides is 1. The van der Waals surface area contributed by atoms with E-state index in [-0.39, 0.29) is 31.0 Å². The highest BCUT2D eigenvalue weighted by Crippen LogP contribution is 2.47. The van der Waals surface area contributed by atoms with Crippen LogP contribution in [0.2, 0.25) is 0 Å². The molecule has 9 nitrogen and oxygen atoms in total. The van der Waals surface area contributed by atoms with Crippen LogP contribution in [0.15, 0.2) is 42.7 Å². The van der Waals surface area contributed by atoms with Gasteiger partial charge in [-0.05, 0) is 36.2 Å². The van der Waals surface area contributed by atoms with Crippen LogP contribution in [-0.2, 0) is 26.1 Å². The van der Waals surface area contributed by atoms with Crippen LogP contribution in [-0.4, -0.2) is 55.6 Å². The van der Waals surface area contributed by atoms with Crippen molar-refractivity contribution in [3.8, 4) is 5.75 Å². The van der Waals surface area contributed by atoms with Crippen LogP contribution in [0.1, 0.15) is 29.9 Å². The molecule has 1 aromatic carbocycles. The van der Waals surface area contributed by atoms with Gasteiger partial charge in [0.25, 0.3) is 0 Å². The molecule has 3 heterocycles. The number of aliphatic hydroxyl groups excluding tert-OH is 1. The number of fused-ring (bicyclic) bond motifs is 3.